The van der Waals surface area contributed by atoms with Crippen molar-refractivity contribution in [2.45, 2.75) is 19.3 Å². The van der Waals surface area contributed by atoms with Gasteiger partial charge in [-0.2, -0.15) is 18.2 Å². The van der Waals surface area contributed by atoms with E-state index in [2.05, 4.69) is 36.5 Å². The minimum atomic E-state index is 0. The zero-order valence-corrected chi connectivity index (χ0v) is 12.2. The van der Waals surface area contributed by atoms with Gasteiger partial charge < -0.3 is 0 Å². The van der Waals surface area contributed by atoms with Crippen molar-refractivity contribution in [3.05, 3.63) is 72.9 Å². The summed E-state index contributed by atoms with van der Waals surface area (Å²) in [4.78, 5) is 0. The van der Waals surface area contributed by atoms with Gasteiger partial charge in [0.15, 0.2) is 0 Å². The zero-order chi connectivity index (χ0) is 10.6. The third kappa shape index (κ3) is 10.1. The van der Waals surface area contributed by atoms with Gasteiger partial charge in [-0.1, -0.05) is 0 Å². The van der Waals surface area contributed by atoms with E-state index in [1.54, 1.807) is 0 Å². The summed E-state index contributed by atoms with van der Waals surface area (Å²) < 4.78 is 0. The summed E-state index contributed by atoms with van der Waals surface area (Å²) in [5.74, 6) is 0. The van der Waals surface area contributed by atoms with Crippen LogP contribution in [0.4, 0.5) is 0 Å². The van der Waals surface area contributed by atoms with Gasteiger partial charge in [0.1, 0.15) is 0 Å². The standard InChI is InChI=1S/3C5H5.Y/c3*1-2-4-5-3-1;/h3*1-3H,4H2;/q3*-1;+3. The van der Waals surface area contributed by atoms with Crippen molar-refractivity contribution >= 4 is 0 Å². The fourth-order valence-electron chi connectivity index (χ4n) is 1.02. The molecule has 1 heteroatoms. The summed E-state index contributed by atoms with van der Waals surface area (Å²) in [6.07, 6.45) is 30.0. The van der Waals surface area contributed by atoms with Crippen LogP contribution in [0.25, 0.3) is 0 Å². The van der Waals surface area contributed by atoms with E-state index in [0.717, 1.165) is 19.3 Å². The second-order valence-electron chi connectivity index (χ2n) is 3.01. The average molecular weight is 284 g/mol. The van der Waals surface area contributed by atoms with Crippen molar-refractivity contribution in [1.82, 2.24) is 0 Å². The normalized spacial score (nSPS) is 16.5. The van der Waals surface area contributed by atoms with Gasteiger partial charge in [0.25, 0.3) is 0 Å². The quantitative estimate of drug-likeness (QED) is 0.591. The zero-order valence-electron chi connectivity index (χ0n) is 9.39. The van der Waals surface area contributed by atoms with E-state index in [1.165, 1.54) is 0 Å². The predicted molar refractivity (Wildman–Crippen MR) is 64.7 cm³/mol. The fraction of sp³-hybridized carbons (Fsp3) is 0.200. The summed E-state index contributed by atoms with van der Waals surface area (Å²) in [6, 6.07) is 0. The van der Waals surface area contributed by atoms with E-state index in [9.17, 15) is 0 Å². The first-order chi connectivity index (χ1) is 7.50. The third-order valence-electron chi connectivity index (χ3n) is 1.76. The molecule has 78 valence electrons. The third-order valence-corrected chi connectivity index (χ3v) is 1.76. The van der Waals surface area contributed by atoms with Crippen LogP contribution >= 0.6 is 0 Å². The number of rotatable bonds is 0. The van der Waals surface area contributed by atoms with Gasteiger partial charge in [-0.3, -0.25) is 18.2 Å². The molecule has 0 bridgehead atoms. The molecule has 0 radical (unpaired) electrons. The maximum atomic E-state index is 2.99. The molecular formula is C15H15Y. The number of allylic oxidation sites excluding steroid dienone is 12. The second kappa shape index (κ2) is 12.6. The first-order valence-electron chi connectivity index (χ1n) is 5.15. The van der Waals surface area contributed by atoms with E-state index in [4.69, 9.17) is 0 Å². The first-order valence-corrected chi connectivity index (χ1v) is 5.15. The Labute approximate surface area is 124 Å². The van der Waals surface area contributed by atoms with Gasteiger partial charge in [-0.15, -0.1) is 19.3 Å². The van der Waals surface area contributed by atoms with Crippen LogP contribution < -0.4 is 0 Å². The summed E-state index contributed by atoms with van der Waals surface area (Å²) >= 11 is 0. The monoisotopic (exact) mass is 284 g/mol. The molecule has 0 unspecified atom stereocenters. The van der Waals surface area contributed by atoms with E-state index >= 15 is 0 Å². The van der Waals surface area contributed by atoms with Crippen molar-refractivity contribution < 1.29 is 32.7 Å². The van der Waals surface area contributed by atoms with Crippen LogP contribution in [0.3, 0.4) is 0 Å². The van der Waals surface area contributed by atoms with Gasteiger partial charge >= 0.3 is 32.7 Å². The van der Waals surface area contributed by atoms with Crippen molar-refractivity contribution in [2.75, 3.05) is 0 Å². The largest absolute Gasteiger partial charge is 3.00 e. The van der Waals surface area contributed by atoms with E-state index in [1.807, 2.05) is 36.5 Å². The topological polar surface area (TPSA) is 0 Å². The van der Waals surface area contributed by atoms with Crippen LogP contribution in [0.5, 0.6) is 0 Å². The molecule has 0 heterocycles. The molecule has 3 aliphatic carbocycles. The maximum Gasteiger partial charge on any atom is 3.00 e. The van der Waals surface area contributed by atoms with Crippen molar-refractivity contribution in [1.29, 1.82) is 0 Å². The Kier molecular flexibility index (Phi) is 12.3. The van der Waals surface area contributed by atoms with Crippen LogP contribution in [-0.2, 0) is 32.7 Å². The Morgan fingerprint density at radius 2 is 0.875 bits per heavy atom. The summed E-state index contributed by atoms with van der Waals surface area (Å²) in [5, 5.41) is 0. The fourth-order valence-corrected chi connectivity index (χ4v) is 1.02. The molecule has 0 aromatic rings. The number of hydrogen-bond acceptors (Lipinski definition) is 0. The smallest absolute Gasteiger partial charge is 0.273 e. The Balaban J connectivity index is 0.000000205. The summed E-state index contributed by atoms with van der Waals surface area (Å²) in [6.45, 7) is 0. The predicted octanol–water partition coefficient (Wildman–Crippen LogP) is 3.91. The molecule has 16 heavy (non-hydrogen) atoms. The molecule has 0 aliphatic heterocycles. The van der Waals surface area contributed by atoms with E-state index in [-0.39, 0.29) is 32.7 Å². The Morgan fingerprint density at radius 3 is 0.938 bits per heavy atom. The molecule has 0 amide bonds. The molecule has 0 aromatic carbocycles. The molecule has 0 saturated carbocycles. The molecule has 0 atom stereocenters. The van der Waals surface area contributed by atoms with Crippen LogP contribution in [-0.4, -0.2) is 0 Å². The molecule has 3 aliphatic rings. The van der Waals surface area contributed by atoms with Crippen molar-refractivity contribution in [3.63, 3.8) is 0 Å². The van der Waals surface area contributed by atoms with Crippen LogP contribution in [0.15, 0.2) is 54.7 Å². The molecule has 0 aromatic heterocycles. The maximum absolute atomic E-state index is 2.99. The van der Waals surface area contributed by atoms with Gasteiger partial charge in [-0.05, 0) is 0 Å². The molecule has 0 N–H and O–H groups in total. The second-order valence-corrected chi connectivity index (χ2v) is 3.01. The van der Waals surface area contributed by atoms with Gasteiger partial charge in [0.05, 0.1) is 0 Å². The number of hydrogen-bond donors (Lipinski definition) is 0. The molecule has 0 saturated heterocycles. The van der Waals surface area contributed by atoms with Crippen LogP contribution in [0, 0.1) is 18.2 Å². The molecular weight excluding hydrogens is 269 g/mol. The van der Waals surface area contributed by atoms with E-state index < -0.39 is 0 Å². The summed E-state index contributed by atoms with van der Waals surface area (Å²) in [7, 11) is 0. The van der Waals surface area contributed by atoms with Crippen molar-refractivity contribution in [3.8, 4) is 0 Å². The molecule has 0 fully saturated rings. The Bertz CT molecular complexity index is 232. The van der Waals surface area contributed by atoms with Gasteiger partial charge in [0, 0.05) is 0 Å². The van der Waals surface area contributed by atoms with Crippen LogP contribution in [0.2, 0.25) is 0 Å². The minimum absolute atomic E-state index is 0. The minimum Gasteiger partial charge on any atom is -0.273 e. The molecule has 3 rings (SSSR count). The summed E-state index contributed by atoms with van der Waals surface area (Å²) in [5.41, 5.74) is 0. The Morgan fingerprint density at radius 1 is 0.562 bits per heavy atom. The molecule has 0 spiro atoms. The Hall–Kier alpha value is -0.456. The first kappa shape index (κ1) is 15.5. The van der Waals surface area contributed by atoms with Crippen LogP contribution in [0.1, 0.15) is 19.3 Å². The SMILES string of the molecule is [C-]1=CC=CC1.[C-]1=CC=CC1.[C-]1=CC=CC1.[Y+3]. The van der Waals surface area contributed by atoms with Gasteiger partial charge in [-0.25, -0.2) is 36.5 Å². The van der Waals surface area contributed by atoms with Crippen molar-refractivity contribution in [2.24, 2.45) is 0 Å². The van der Waals surface area contributed by atoms with E-state index in [0.29, 0.717) is 0 Å². The van der Waals surface area contributed by atoms with Gasteiger partial charge in [0.2, 0.25) is 0 Å². The average Bonchev–Trinajstić information content (AvgIpc) is 3.09. The molecule has 0 nitrogen and oxygen atoms in total.